The number of carbonyl (C=O) groups excluding carboxylic acids is 1. The van der Waals surface area contributed by atoms with Crippen molar-refractivity contribution in [2.24, 2.45) is 0 Å². The molecule has 0 bridgehead atoms. The number of aryl methyl sites for hydroxylation is 1. The standard InChI is InChI=1S/C12H13F3O3/c1-17-10-6-8(4-3-5-16)9(12(13,14)15)7-11(10)18-2/h5-7H,3-4H2,1-2H3. The molecule has 0 radical (unpaired) electrons. The monoisotopic (exact) mass is 262 g/mol. The van der Waals surface area contributed by atoms with E-state index < -0.39 is 11.7 Å². The van der Waals surface area contributed by atoms with Crippen molar-refractivity contribution in [1.82, 2.24) is 0 Å². The Kier molecular flexibility index (Phi) is 4.58. The Labute approximate surface area is 103 Å². The van der Waals surface area contributed by atoms with E-state index in [2.05, 4.69) is 0 Å². The van der Waals surface area contributed by atoms with E-state index in [-0.39, 0.29) is 29.9 Å². The third-order valence-electron chi connectivity index (χ3n) is 2.45. The van der Waals surface area contributed by atoms with Crippen LogP contribution in [-0.2, 0) is 17.4 Å². The maximum atomic E-state index is 12.8. The highest BCUT2D eigenvalue weighted by Gasteiger charge is 2.34. The van der Waals surface area contributed by atoms with E-state index in [4.69, 9.17) is 9.47 Å². The van der Waals surface area contributed by atoms with Crippen LogP contribution in [0.3, 0.4) is 0 Å². The zero-order valence-corrected chi connectivity index (χ0v) is 10.0. The Balaban J connectivity index is 3.31. The molecule has 1 aromatic rings. The predicted octanol–water partition coefficient (Wildman–Crippen LogP) is 2.85. The van der Waals surface area contributed by atoms with E-state index in [1.807, 2.05) is 0 Å². The van der Waals surface area contributed by atoms with Gasteiger partial charge in [0, 0.05) is 6.42 Å². The molecule has 100 valence electrons. The van der Waals surface area contributed by atoms with Crippen molar-refractivity contribution >= 4 is 6.29 Å². The first kappa shape index (κ1) is 14.3. The summed E-state index contributed by atoms with van der Waals surface area (Å²) in [6, 6.07) is 2.14. The number of ether oxygens (including phenoxy) is 2. The Bertz CT molecular complexity index is 427. The third kappa shape index (κ3) is 3.15. The molecule has 0 spiro atoms. The van der Waals surface area contributed by atoms with Gasteiger partial charge in [-0.2, -0.15) is 13.2 Å². The number of methoxy groups -OCH3 is 2. The molecule has 1 rings (SSSR count). The topological polar surface area (TPSA) is 35.5 Å². The second-order valence-electron chi connectivity index (χ2n) is 3.57. The Morgan fingerprint density at radius 1 is 1.17 bits per heavy atom. The predicted molar refractivity (Wildman–Crippen MR) is 58.9 cm³/mol. The zero-order chi connectivity index (χ0) is 13.8. The van der Waals surface area contributed by atoms with Gasteiger partial charge in [-0.05, 0) is 24.1 Å². The van der Waals surface area contributed by atoms with Crippen molar-refractivity contribution in [3.63, 3.8) is 0 Å². The molecule has 0 amide bonds. The summed E-state index contributed by atoms with van der Waals surface area (Å²) in [5.74, 6) is 0.228. The largest absolute Gasteiger partial charge is 0.493 e. The van der Waals surface area contributed by atoms with Crippen LogP contribution in [0.2, 0.25) is 0 Å². The van der Waals surface area contributed by atoms with Crippen LogP contribution in [-0.4, -0.2) is 20.5 Å². The number of aldehydes is 1. The molecule has 0 atom stereocenters. The molecule has 0 unspecified atom stereocenters. The fourth-order valence-electron chi connectivity index (χ4n) is 1.61. The lowest BCUT2D eigenvalue weighted by atomic mass is 10.0. The van der Waals surface area contributed by atoms with Crippen LogP contribution in [0.25, 0.3) is 0 Å². The van der Waals surface area contributed by atoms with Crippen LogP contribution in [0.4, 0.5) is 13.2 Å². The van der Waals surface area contributed by atoms with Crippen molar-refractivity contribution < 1.29 is 27.4 Å². The lowest BCUT2D eigenvalue weighted by Crippen LogP contribution is -2.10. The number of halogens is 3. The fraction of sp³-hybridized carbons (Fsp3) is 0.417. The first-order valence-corrected chi connectivity index (χ1v) is 5.19. The summed E-state index contributed by atoms with van der Waals surface area (Å²) in [5.41, 5.74) is -0.783. The Morgan fingerprint density at radius 2 is 1.72 bits per heavy atom. The molecule has 1 aromatic carbocycles. The van der Waals surface area contributed by atoms with Crippen molar-refractivity contribution in [3.05, 3.63) is 23.3 Å². The van der Waals surface area contributed by atoms with E-state index in [0.29, 0.717) is 6.29 Å². The van der Waals surface area contributed by atoms with Gasteiger partial charge in [0.1, 0.15) is 6.29 Å². The highest BCUT2D eigenvalue weighted by Crippen LogP contribution is 2.39. The van der Waals surface area contributed by atoms with Gasteiger partial charge in [0.2, 0.25) is 0 Å². The number of alkyl halides is 3. The highest BCUT2D eigenvalue weighted by molar-refractivity contribution is 5.53. The fourth-order valence-corrected chi connectivity index (χ4v) is 1.61. The quantitative estimate of drug-likeness (QED) is 0.765. The van der Waals surface area contributed by atoms with Crippen LogP contribution < -0.4 is 9.47 Å². The minimum atomic E-state index is -4.49. The highest BCUT2D eigenvalue weighted by atomic mass is 19.4. The maximum Gasteiger partial charge on any atom is 0.416 e. The molecule has 0 fully saturated rings. The summed E-state index contributed by atoms with van der Waals surface area (Å²) in [6.45, 7) is 0. The molecule has 6 heteroatoms. The lowest BCUT2D eigenvalue weighted by Gasteiger charge is -2.16. The van der Waals surface area contributed by atoms with Crippen LogP contribution in [0.15, 0.2) is 12.1 Å². The molecule has 0 N–H and O–H groups in total. The lowest BCUT2D eigenvalue weighted by molar-refractivity contribution is -0.138. The van der Waals surface area contributed by atoms with Crippen LogP contribution in [0.5, 0.6) is 11.5 Å². The smallest absolute Gasteiger partial charge is 0.416 e. The molecule has 18 heavy (non-hydrogen) atoms. The summed E-state index contributed by atoms with van der Waals surface area (Å²) in [7, 11) is 2.61. The molecular weight excluding hydrogens is 249 g/mol. The van der Waals surface area contributed by atoms with E-state index in [0.717, 1.165) is 6.07 Å². The molecule has 0 heterocycles. The average Bonchev–Trinajstić information content (AvgIpc) is 2.33. The van der Waals surface area contributed by atoms with Gasteiger partial charge in [-0.1, -0.05) is 0 Å². The van der Waals surface area contributed by atoms with E-state index in [1.165, 1.54) is 20.3 Å². The maximum absolute atomic E-state index is 12.8. The molecule has 0 aromatic heterocycles. The molecule has 0 aliphatic heterocycles. The van der Waals surface area contributed by atoms with E-state index >= 15 is 0 Å². The molecule has 0 aliphatic rings. The van der Waals surface area contributed by atoms with Gasteiger partial charge in [-0.15, -0.1) is 0 Å². The molecule has 0 aliphatic carbocycles. The molecule has 0 saturated heterocycles. The number of benzene rings is 1. The number of hydrogen-bond donors (Lipinski definition) is 0. The summed E-state index contributed by atoms with van der Waals surface area (Å²) in [5, 5.41) is 0. The first-order valence-electron chi connectivity index (χ1n) is 5.19. The number of hydrogen-bond acceptors (Lipinski definition) is 3. The first-order chi connectivity index (χ1) is 8.43. The normalized spacial score (nSPS) is 11.2. The Hall–Kier alpha value is -1.72. The number of carbonyl (C=O) groups is 1. The SMILES string of the molecule is COc1cc(CCC=O)c(C(F)(F)F)cc1OC. The van der Waals surface area contributed by atoms with Crippen LogP contribution >= 0.6 is 0 Å². The van der Waals surface area contributed by atoms with Crippen LogP contribution in [0.1, 0.15) is 17.5 Å². The number of rotatable bonds is 5. The molecular formula is C12H13F3O3. The zero-order valence-electron chi connectivity index (χ0n) is 10.0. The van der Waals surface area contributed by atoms with Gasteiger partial charge in [0.15, 0.2) is 11.5 Å². The Morgan fingerprint density at radius 3 is 2.17 bits per heavy atom. The van der Waals surface area contributed by atoms with Gasteiger partial charge in [0.05, 0.1) is 19.8 Å². The van der Waals surface area contributed by atoms with Gasteiger partial charge in [-0.25, -0.2) is 0 Å². The van der Waals surface area contributed by atoms with E-state index in [9.17, 15) is 18.0 Å². The van der Waals surface area contributed by atoms with Gasteiger partial charge >= 0.3 is 6.18 Å². The second-order valence-corrected chi connectivity index (χ2v) is 3.57. The summed E-state index contributed by atoms with van der Waals surface area (Å²) >= 11 is 0. The second kappa shape index (κ2) is 5.75. The minimum absolute atomic E-state index is 0.0126. The molecule has 0 saturated carbocycles. The average molecular weight is 262 g/mol. The summed E-state index contributed by atoms with van der Waals surface area (Å²) in [4.78, 5) is 10.3. The van der Waals surface area contributed by atoms with Gasteiger partial charge in [-0.3, -0.25) is 0 Å². The van der Waals surface area contributed by atoms with Crippen molar-refractivity contribution in [2.45, 2.75) is 19.0 Å². The van der Waals surface area contributed by atoms with Crippen molar-refractivity contribution in [1.29, 1.82) is 0 Å². The summed E-state index contributed by atoms with van der Waals surface area (Å²) < 4.78 is 48.3. The van der Waals surface area contributed by atoms with E-state index in [1.54, 1.807) is 0 Å². The summed E-state index contributed by atoms with van der Waals surface area (Å²) in [6.07, 6.45) is -3.87. The molecule has 3 nitrogen and oxygen atoms in total. The van der Waals surface area contributed by atoms with Gasteiger partial charge < -0.3 is 14.3 Å². The van der Waals surface area contributed by atoms with Crippen molar-refractivity contribution in [3.8, 4) is 11.5 Å². The van der Waals surface area contributed by atoms with Crippen LogP contribution in [0, 0.1) is 0 Å². The third-order valence-corrected chi connectivity index (χ3v) is 2.45. The minimum Gasteiger partial charge on any atom is -0.493 e. The van der Waals surface area contributed by atoms with Crippen molar-refractivity contribution in [2.75, 3.05) is 14.2 Å². The van der Waals surface area contributed by atoms with Gasteiger partial charge in [0.25, 0.3) is 0 Å².